The van der Waals surface area contributed by atoms with Gasteiger partial charge in [-0.05, 0) is 39.0 Å². The van der Waals surface area contributed by atoms with Crippen LogP contribution >= 0.6 is 23.2 Å². The first kappa shape index (κ1) is 26.6. The highest BCUT2D eigenvalue weighted by Gasteiger charge is 2.39. The number of esters is 1. The van der Waals surface area contributed by atoms with Gasteiger partial charge in [0.2, 0.25) is 0 Å². The van der Waals surface area contributed by atoms with Gasteiger partial charge in [-0.1, -0.05) is 29.3 Å². The van der Waals surface area contributed by atoms with Crippen molar-refractivity contribution < 1.29 is 29.0 Å². The van der Waals surface area contributed by atoms with Gasteiger partial charge in [-0.2, -0.15) is 0 Å². The number of alkyl carbamates (subject to hydrolysis) is 1. The maximum absolute atomic E-state index is 12.3. The number of carbonyl (C=O) groups excluding carboxylic acids is 2. The van der Waals surface area contributed by atoms with E-state index in [1.165, 1.54) is 0 Å². The molecule has 12 heteroatoms. The van der Waals surface area contributed by atoms with Crippen LogP contribution in [0.15, 0.2) is 43.0 Å². The molecule has 2 aromatic carbocycles. The number of benzene rings is 2. The SMILES string of the molecule is CC(C)(C)OC(=O)CNC(=O)OC1CC(C(=O)O)N(c2cc(-n3ccnc3)c3ccc(Cl)c(Cl)c3c2)C1. The molecule has 2 heterocycles. The van der Waals surface area contributed by atoms with Gasteiger partial charge in [-0.25, -0.2) is 14.6 Å². The number of carboxylic acids is 1. The Balaban J connectivity index is 1.58. The Kier molecular flexibility index (Phi) is 7.52. The molecule has 196 valence electrons. The normalized spacial score (nSPS) is 17.6. The summed E-state index contributed by atoms with van der Waals surface area (Å²) in [5, 5.41) is 14.4. The van der Waals surface area contributed by atoms with Gasteiger partial charge >= 0.3 is 18.0 Å². The molecule has 0 aliphatic carbocycles. The maximum atomic E-state index is 12.3. The van der Waals surface area contributed by atoms with E-state index < -0.39 is 35.8 Å². The minimum Gasteiger partial charge on any atom is -0.480 e. The summed E-state index contributed by atoms with van der Waals surface area (Å²) in [7, 11) is 0. The van der Waals surface area contributed by atoms with Crippen LogP contribution in [0.1, 0.15) is 27.2 Å². The van der Waals surface area contributed by atoms with Crippen molar-refractivity contribution in [2.75, 3.05) is 18.0 Å². The zero-order valence-electron chi connectivity index (χ0n) is 20.4. The number of aliphatic carboxylic acids is 1. The number of rotatable bonds is 6. The Morgan fingerprint density at radius 1 is 1.19 bits per heavy atom. The lowest BCUT2D eigenvalue weighted by molar-refractivity contribution is -0.153. The third kappa shape index (κ3) is 6.08. The highest BCUT2D eigenvalue weighted by atomic mass is 35.5. The molecule has 1 fully saturated rings. The van der Waals surface area contributed by atoms with Gasteiger partial charge in [0, 0.05) is 35.3 Å². The number of amides is 1. The van der Waals surface area contributed by atoms with E-state index in [9.17, 15) is 19.5 Å². The number of carboxylic acid groups (broad SMARTS) is 1. The number of hydrogen-bond acceptors (Lipinski definition) is 7. The molecule has 2 unspecified atom stereocenters. The second-order valence-electron chi connectivity index (χ2n) is 9.60. The van der Waals surface area contributed by atoms with E-state index in [-0.39, 0.29) is 19.5 Å². The van der Waals surface area contributed by atoms with Crippen molar-refractivity contribution in [1.29, 1.82) is 0 Å². The number of aromatic nitrogens is 2. The Morgan fingerprint density at radius 2 is 1.95 bits per heavy atom. The van der Waals surface area contributed by atoms with E-state index in [1.807, 2.05) is 12.1 Å². The molecular formula is C25H26Cl2N4O6. The number of nitrogens with zero attached hydrogens (tertiary/aromatic N) is 3. The highest BCUT2D eigenvalue weighted by molar-refractivity contribution is 6.45. The minimum absolute atomic E-state index is 0.0525. The van der Waals surface area contributed by atoms with Gasteiger partial charge in [0.15, 0.2) is 0 Å². The van der Waals surface area contributed by atoms with Gasteiger partial charge in [-0.15, -0.1) is 0 Å². The average molecular weight is 549 g/mol. The summed E-state index contributed by atoms with van der Waals surface area (Å²) in [6.45, 7) is 4.90. The van der Waals surface area contributed by atoms with Crippen molar-refractivity contribution in [2.45, 2.75) is 44.9 Å². The lowest BCUT2D eigenvalue weighted by atomic mass is 10.1. The Morgan fingerprint density at radius 3 is 2.59 bits per heavy atom. The molecule has 37 heavy (non-hydrogen) atoms. The van der Waals surface area contributed by atoms with Crippen LogP contribution < -0.4 is 10.2 Å². The fourth-order valence-electron chi connectivity index (χ4n) is 4.24. The summed E-state index contributed by atoms with van der Waals surface area (Å²) in [6.07, 6.45) is 3.50. The van der Waals surface area contributed by atoms with E-state index in [0.29, 0.717) is 21.1 Å². The monoisotopic (exact) mass is 548 g/mol. The van der Waals surface area contributed by atoms with Crippen molar-refractivity contribution >= 4 is 57.7 Å². The van der Waals surface area contributed by atoms with Crippen LogP contribution in [-0.2, 0) is 19.1 Å². The first-order valence-corrected chi connectivity index (χ1v) is 12.2. The molecular weight excluding hydrogens is 523 g/mol. The zero-order chi connectivity index (χ0) is 26.9. The van der Waals surface area contributed by atoms with Crippen LogP contribution in [-0.4, -0.2) is 63.5 Å². The van der Waals surface area contributed by atoms with Gasteiger partial charge in [0.05, 0.1) is 28.6 Å². The standard InChI is InChI=1S/C25H26Cl2N4O6/c1-25(2,3)37-21(32)11-29-24(35)36-15-10-20(23(33)34)31(12-15)14-8-17-16(4-5-18(26)22(17)27)19(9-14)30-7-6-28-13-30/h4-9,13,15,20H,10-12H2,1-3H3,(H,29,35)(H,33,34). The third-order valence-corrected chi connectivity index (χ3v) is 6.54. The molecule has 0 radical (unpaired) electrons. The molecule has 2 N–H and O–H groups in total. The summed E-state index contributed by atoms with van der Waals surface area (Å²) in [5.41, 5.74) is 0.603. The van der Waals surface area contributed by atoms with Crippen LogP contribution in [0.3, 0.4) is 0 Å². The fourth-order valence-corrected chi connectivity index (χ4v) is 4.62. The lowest BCUT2D eigenvalue weighted by Crippen LogP contribution is -2.37. The van der Waals surface area contributed by atoms with Crippen molar-refractivity contribution in [3.63, 3.8) is 0 Å². The number of fused-ring (bicyclic) bond motifs is 1. The summed E-state index contributed by atoms with van der Waals surface area (Å²) >= 11 is 12.8. The lowest BCUT2D eigenvalue weighted by Gasteiger charge is -2.25. The molecule has 0 saturated carbocycles. The van der Waals surface area contributed by atoms with Crippen LogP contribution in [0.4, 0.5) is 10.5 Å². The average Bonchev–Trinajstić information content (AvgIpc) is 3.49. The molecule has 0 bridgehead atoms. The first-order chi connectivity index (χ1) is 17.4. The maximum Gasteiger partial charge on any atom is 0.407 e. The molecule has 0 spiro atoms. The van der Waals surface area contributed by atoms with Crippen molar-refractivity contribution in [1.82, 2.24) is 14.9 Å². The second-order valence-corrected chi connectivity index (χ2v) is 10.4. The van der Waals surface area contributed by atoms with Crippen LogP contribution in [0.5, 0.6) is 0 Å². The summed E-state index contributed by atoms with van der Waals surface area (Å²) < 4.78 is 12.4. The van der Waals surface area contributed by atoms with Gasteiger partial charge in [-0.3, -0.25) is 4.79 Å². The third-order valence-electron chi connectivity index (χ3n) is 5.72. The number of nitrogens with one attached hydrogen (secondary N) is 1. The van der Waals surface area contributed by atoms with E-state index in [0.717, 1.165) is 11.1 Å². The quantitative estimate of drug-likeness (QED) is 0.433. The van der Waals surface area contributed by atoms with Gasteiger partial charge in [0.25, 0.3) is 0 Å². The van der Waals surface area contributed by atoms with Gasteiger partial charge in [0.1, 0.15) is 24.3 Å². The number of halogens is 2. The molecule has 1 saturated heterocycles. The Hall–Kier alpha value is -3.50. The molecule has 1 aliphatic heterocycles. The minimum atomic E-state index is -1.07. The number of hydrogen-bond donors (Lipinski definition) is 2. The predicted octanol–water partition coefficient (Wildman–Crippen LogP) is 4.43. The van der Waals surface area contributed by atoms with E-state index in [4.69, 9.17) is 32.7 Å². The molecule has 3 aromatic rings. The number of ether oxygens (including phenoxy) is 2. The summed E-state index contributed by atoms with van der Waals surface area (Å²) in [4.78, 5) is 42.1. The van der Waals surface area contributed by atoms with E-state index >= 15 is 0 Å². The molecule has 4 rings (SSSR count). The largest absolute Gasteiger partial charge is 0.480 e. The molecule has 1 amide bonds. The molecule has 1 aromatic heterocycles. The topological polar surface area (TPSA) is 123 Å². The molecule has 2 atom stereocenters. The second kappa shape index (κ2) is 10.5. The predicted molar refractivity (Wildman–Crippen MR) is 139 cm³/mol. The van der Waals surface area contributed by atoms with Crippen LogP contribution in [0, 0.1) is 0 Å². The smallest absolute Gasteiger partial charge is 0.407 e. The summed E-state index contributed by atoms with van der Waals surface area (Å²) in [5.74, 6) is -1.68. The zero-order valence-corrected chi connectivity index (χ0v) is 21.9. The van der Waals surface area contributed by atoms with Crippen LogP contribution in [0.25, 0.3) is 16.5 Å². The Bertz CT molecular complexity index is 1340. The fraction of sp³-hybridized carbons (Fsp3) is 0.360. The molecule has 1 aliphatic rings. The highest BCUT2D eigenvalue weighted by Crippen LogP contribution is 2.39. The van der Waals surface area contributed by atoms with Crippen LogP contribution in [0.2, 0.25) is 10.0 Å². The molecule has 10 nitrogen and oxygen atoms in total. The van der Waals surface area contributed by atoms with Gasteiger partial charge < -0.3 is 29.4 Å². The summed E-state index contributed by atoms with van der Waals surface area (Å²) in [6, 6.07) is 6.17. The first-order valence-electron chi connectivity index (χ1n) is 11.5. The Labute approximate surface area is 223 Å². The number of imidazole rings is 1. The van der Waals surface area contributed by atoms with E-state index in [1.54, 1.807) is 61.1 Å². The van der Waals surface area contributed by atoms with E-state index in [2.05, 4.69) is 10.3 Å². The number of anilines is 1. The van der Waals surface area contributed by atoms with Crippen molar-refractivity contribution in [2.24, 2.45) is 0 Å². The number of carbonyl (C=O) groups is 3. The van der Waals surface area contributed by atoms with Crippen molar-refractivity contribution in [3.05, 3.63) is 53.0 Å². The van der Waals surface area contributed by atoms with Crippen molar-refractivity contribution in [3.8, 4) is 5.69 Å².